The van der Waals surface area contributed by atoms with Crippen molar-refractivity contribution < 1.29 is 9.47 Å². The van der Waals surface area contributed by atoms with Gasteiger partial charge in [-0.1, -0.05) is 13.0 Å². The van der Waals surface area contributed by atoms with Gasteiger partial charge in [-0.25, -0.2) is 0 Å². The van der Waals surface area contributed by atoms with Crippen molar-refractivity contribution in [1.82, 2.24) is 4.90 Å². The van der Waals surface area contributed by atoms with Crippen molar-refractivity contribution in [2.45, 2.75) is 13.5 Å². The van der Waals surface area contributed by atoms with Crippen LogP contribution in [0.15, 0.2) is 18.2 Å². The lowest BCUT2D eigenvalue weighted by atomic mass is 10.2. The molecule has 0 aliphatic carbocycles. The van der Waals surface area contributed by atoms with Gasteiger partial charge < -0.3 is 14.4 Å². The normalized spacial score (nSPS) is 14.3. The first-order valence-corrected chi connectivity index (χ1v) is 5.36. The Labute approximate surface area is 90.6 Å². The molecule has 1 aliphatic rings. The summed E-state index contributed by atoms with van der Waals surface area (Å²) in [4.78, 5) is 2.26. The summed E-state index contributed by atoms with van der Waals surface area (Å²) in [6.07, 6.45) is 0. The van der Waals surface area contributed by atoms with Crippen LogP contribution in [0.25, 0.3) is 0 Å². The predicted octanol–water partition coefficient (Wildman–Crippen LogP) is 1.91. The number of rotatable bonds is 3. The maximum atomic E-state index is 5.54. The Bertz CT molecular complexity index is 338. The van der Waals surface area contributed by atoms with Gasteiger partial charge in [0.15, 0.2) is 11.5 Å². The van der Waals surface area contributed by atoms with Gasteiger partial charge in [-0.3, -0.25) is 0 Å². The van der Waals surface area contributed by atoms with Crippen LogP contribution in [-0.4, -0.2) is 31.7 Å². The second kappa shape index (κ2) is 4.53. The molecule has 0 saturated heterocycles. The highest BCUT2D eigenvalue weighted by molar-refractivity contribution is 5.43. The monoisotopic (exact) mass is 207 g/mol. The van der Waals surface area contributed by atoms with Crippen LogP contribution < -0.4 is 9.47 Å². The smallest absolute Gasteiger partial charge is 0.161 e. The molecule has 0 bridgehead atoms. The molecule has 0 spiro atoms. The molecule has 1 heterocycles. The maximum Gasteiger partial charge on any atom is 0.161 e. The van der Waals surface area contributed by atoms with Crippen LogP contribution in [0.4, 0.5) is 0 Å². The van der Waals surface area contributed by atoms with Crippen molar-refractivity contribution in [2.75, 3.05) is 26.8 Å². The van der Waals surface area contributed by atoms with Crippen LogP contribution >= 0.6 is 0 Å². The van der Waals surface area contributed by atoms with E-state index in [-0.39, 0.29) is 0 Å². The summed E-state index contributed by atoms with van der Waals surface area (Å²) in [5.74, 6) is 1.74. The molecule has 2 rings (SSSR count). The van der Waals surface area contributed by atoms with Gasteiger partial charge in [-0.15, -0.1) is 0 Å². The van der Waals surface area contributed by atoms with Crippen molar-refractivity contribution in [3.63, 3.8) is 0 Å². The minimum Gasteiger partial charge on any atom is -0.486 e. The standard InChI is InChI=1S/C12H17NO2/c1-3-13(2)9-10-4-5-11-12(8-10)15-7-6-14-11/h4-5,8H,3,6-7,9H2,1-2H3. The summed E-state index contributed by atoms with van der Waals surface area (Å²) < 4.78 is 11.0. The largest absolute Gasteiger partial charge is 0.486 e. The van der Waals surface area contributed by atoms with Gasteiger partial charge in [0.25, 0.3) is 0 Å². The Morgan fingerprint density at radius 3 is 2.67 bits per heavy atom. The zero-order valence-corrected chi connectivity index (χ0v) is 9.32. The van der Waals surface area contributed by atoms with E-state index < -0.39 is 0 Å². The Balaban J connectivity index is 2.13. The van der Waals surface area contributed by atoms with Crippen LogP contribution in [0.3, 0.4) is 0 Å². The second-order valence-electron chi connectivity index (χ2n) is 3.81. The third kappa shape index (κ3) is 2.42. The number of hydrogen-bond donors (Lipinski definition) is 0. The van der Waals surface area contributed by atoms with Crippen LogP contribution in [0, 0.1) is 0 Å². The van der Waals surface area contributed by atoms with Crippen molar-refractivity contribution >= 4 is 0 Å². The molecule has 1 aliphatic heterocycles. The van der Waals surface area contributed by atoms with Crippen LogP contribution in [0.1, 0.15) is 12.5 Å². The van der Waals surface area contributed by atoms with Gasteiger partial charge in [-0.2, -0.15) is 0 Å². The van der Waals surface area contributed by atoms with E-state index in [0.717, 1.165) is 24.6 Å². The molecule has 0 aromatic heterocycles. The molecular weight excluding hydrogens is 190 g/mol. The molecule has 82 valence electrons. The molecule has 0 saturated carbocycles. The average molecular weight is 207 g/mol. The van der Waals surface area contributed by atoms with Crippen molar-refractivity contribution in [1.29, 1.82) is 0 Å². The molecule has 0 unspecified atom stereocenters. The highest BCUT2D eigenvalue weighted by Crippen LogP contribution is 2.30. The molecule has 1 aromatic carbocycles. The van der Waals surface area contributed by atoms with E-state index in [9.17, 15) is 0 Å². The SMILES string of the molecule is CCN(C)Cc1ccc2c(c1)OCCO2. The van der Waals surface area contributed by atoms with E-state index in [0.29, 0.717) is 13.2 Å². The molecule has 15 heavy (non-hydrogen) atoms. The van der Waals surface area contributed by atoms with Gasteiger partial charge in [0.2, 0.25) is 0 Å². The first kappa shape index (κ1) is 10.3. The van der Waals surface area contributed by atoms with Gasteiger partial charge in [0, 0.05) is 6.54 Å². The summed E-state index contributed by atoms with van der Waals surface area (Å²) in [6, 6.07) is 6.16. The Hall–Kier alpha value is -1.22. The number of nitrogens with zero attached hydrogens (tertiary/aromatic N) is 1. The molecule has 0 fully saturated rings. The summed E-state index contributed by atoms with van der Waals surface area (Å²) in [6.45, 7) is 5.46. The molecule has 1 aromatic rings. The molecule has 0 amide bonds. The Morgan fingerprint density at radius 2 is 1.93 bits per heavy atom. The number of ether oxygens (including phenoxy) is 2. The van der Waals surface area contributed by atoms with Crippen molar-refractivity contribution in [2.24, 2.45) is 0 Å². The third-order valence-corrected chi connectivity index (χ3v) is 2.60. The minimum absolute atomic E-state index is 0.653. The zero-order chi connectivity index (χ0) is 10.7. The maximum absolute atomic E-state index is 5.54. The quantitative estimate of drug-likeness (QED) is 0.755. The third-order valence-electron chi connectivity index (χ3n) is 2.60. The first-order valence-electron chi connectivity index (χ1n) is 5.36. The van der Waals surface area contributed by atoms with E-state index in [1.807, 2.05) is 6.07 Å². The zero-order valence-electron chi connectivity index (χ0n) is 9.32. The minimum atomic E-state index is 0.653. The molecule has 0 N–H and O–H groups in total. The van der Waals surface area contributed by atoms with Crippen molar-refractivity contribution in [3.05, 3.63) is 23.8 Å². The number of benzene rings is 1. The lowest BCUT2D eigenvalue weighted by Gasteiger charge is -2.20. The highest BCUT2D eigenvalue weighted by Gasteiger charge is 2.11. The lowest BCUT2D eigenvalue weighted by Crippen LogP contribution is -2.18. The second-order valence-corrected chi connectivity index (χ2v) is 3.81. The van der Waals surface area contributed by atoms with E-state index in [4.69, 9.17) is 9.47 Å². The van der Waals surface area contributed by atoms with E-state index in [1.54, 1.807) is 0 Å². The highest BCUT2D eigenvalue weighted by atomic mass is 16.6. The summed E-state index contributed by atoms with van der Waals surface area (Å²) in [5.41, 5.74) is 1.27. The van der Waals surface area contributed by atoms with E-state index in [1.165, 1.54) is 5.56 Å². The topological polar surface area (TPSA) is 21.7 Å². The molecule has 3 nitrogen and oxygen atoms in total. The first-order chi connectivity index (χ1) is 7.29. The lowest BCUT2D eigenvalue weighted by molar-refractivity contribution is 0.171. The summed E-state index contributed by atoms with van der Waals surface area (Å²) >= 11 is 0. The summed E-state index contributed by atoms with van der Waals surface area (Å²) in [7, 11) is 2.11. The van der Waals surface area contributed by atoms with Gasteiger partial charge in [0.1, 0.15) is 13.2 Å². The van der Waals surface area contributed by atoms with E-state index in [2.05, 4.69) is 31.0 Å². The van der Waals surface area contributed by atoms with E-state index >= 15 is 0 Å². The molecule has 0 atom stereocenters. The number of fused-ring (bicyclic) bond motifs is 1. The Kier molecular flexibility index (Phi) is 3.11. The molecule has 3 heteroatoms. The summed E-state index contributed by atoms with van der Waals surface area (Å²) in [5, 5.41) is 0. The van der Waals surface area contributed by atoms with Crippen LogP contribution in [0.5, 0.6) is 11.5 Å². The van der Waals surface area contributed by atoms with Gasteiger partial charge in [-0.05, 0) is 31.3 Å². The number of hydrogen-bond acceptors (Lipinski definition) is 3. The Morgan fingerprint density at radius 1 is 1.20 bits per heavy atom. The molecule has 0 radical (unpaired) electrons. The van der Waals surface area contributed by atoms with Crippen LogP contribution in [0.2, 0.25) is 0 Å². The average Bonchev–Trinajstić information content (AvgIpc) is 2.29. The fourth-order valence-corrected chi connectivity index (χ4v) is 1.61. The fourth-order valence-electron chi connectivity index (χ4n) is 1.61. The van der Waals surface area contributed by atoms with Gasteiger partial charge in [0.05, 0.1) is 0 Å². The molecular formula is C12H17NO2. The van der Waals surface area contributed by atoms with Gasteiger partial charge >= 0.3 is 0 Å². The predicted molar refractivity (Wildman–Crippen MR) is 59.4 cm³/mol. The van der Waals surface area contributed by atoms with Crippen molar-refractivity contribution in [3.8, 4) is 11.5 Å². The van der Waals surface area contributed by atoms with Crippen LogP contribution in [-0.2, 0) is 6.54 Å². The fraction of sp³-hybridized carbons (Fsp3) is 0.500.